The summed E-state index contributed by atoms with van der Waals surface area (Å²) < 4.78 is 0. The lowest BCUT2D eigenvalue weighted by molar-refractivity contribution is 0.0265. The van der Waals surface area contributed by atoms with Crippen molar-refractivity contribution in [3.05, 3.63) is 0 Å². The summed E-state index contributed by atoms with van der Waals surface area (Å²) in [7, 11) is 0. The van der Waals surface area contributed by atoms with Crippen molar-refractivity contribution in [2.75, 3.05) is 0 Å². The molecule has 14 heavy (non-hydrogen) atoms. The fourth-order valence-corrected chi connectivity index (χ4v) is 2.72. The summed E-state index contributed by atoms with van der Waals surface area (Å²) in [6, 6.07) is 0. The van der Waals surface area contributed by atoms with Crippen molar-refractivity contribution in [2.45, 2.75) is 65.4 Å². The summed E-state index contributed by atoms with van der Waals surface area (Å²) in [6.07, 6.45) is 7.59. The molecule has 0 heterocycles. The van der Waals surface area contributed by atoms with Crippen LogP contribution in [0.3, 0.4) is 0 Å². The summed E-state index contributed by atoms with van der Waals surface area (Å²) in [6.45, 7) is 6.64. The van der Waals surface area contributed by atoms with Crippen LogP contribution >= 0.6 is 0 Å². The van der Waals surface area contributed by atoms with Crippen molar-refractivity contribution < 1.29 is 5.11 Å². The maximum atomic E-state index is 10.2. The van der Waals surface area contributed by atoms with Crippen LogP contribution in [0.25, 0.3) is 0 Å². The smallest absolute Gasteiger partial charge is 0.0593 e. The maximum Gasteiger partial charge on any atom is 0.0593 e. The molecule has 0 spiro atoms. The Bertz CT molecular complexity index is 153. The molecule has 0 amide bonds. The molecule has 0 aliphatic heterocycles. The molecular formula is C13H26O. The molecule has 1 heteroatoms. The molecule has 1 rings (SSSR count). The molecule has 1 N–H and O–H groups in total. The van der Waals surface area contributed by atoms with E-state index in [0.29, 0.717) is 11.8 Å². The predicted molar refractivity (Wildman–Crippen MR) is 61.2 cm³/mol. The van der Waals surface area contributed by atoms with E-state index in [9.17, 15) is 5.11 Å². The van der Waals surface area contributed by atoms with Gasteiger partial charge in [-0.05, 0) is 30.6 Å². The quantitative estimate of drug-likeness (QED) is 0.731. The summed E-state index contributed by atoms with van der Waals surface area (Å²) in [4.78, 5) is 0. The predicted octanol–water partition coefficient (Wildman–Crippen LogP) is 3.61. The lowest BCUT2D eigenvalue weighted by Gasteiger charge is -2.34. The Morgan fingerprint density at radius 2 is 2.00 bits per heavy atom. The Kier molecular flexibility index (Phi) is 4.94. The highest BCUT2D eigenvalue weighted by atomic mass is 16.3. The van der Waals surface area contributed by atoms with Gasteiger partial charge in [0.2, 0.25) is 0 Å². The largest absolute Gasteiger partial charge is 0.393 e. The Morgan fingerprint density at radius 3 is 2.57 bits per heavy atom. The van der Waals surface area contributed by atoms with Gasteiger partial charge < -0.3 is 5.11 Å². The molecule has 1 aliphatic rings. The third-order valence-corrected chi connectivity index (χ3v) is 4.11. The summed E-state index contributed by atoms with van der Waals surface area (Å²) >= 11 is 0. The SMILES string of the molecule is CCC1CCCC(C(O)C(C)CC)C1. The number of hydrogen-bond acceptors (Lipinski definition) is 1. The minimum absolute atomic E-state index is 0.0469. The van der Waals surface area contributed by atoms with E-state index < -0.39 is 0 Å². The van der Waals surface area contributed by atoms with Crippen molar-refractivity contribution in [3.63, 3.8) is 0 Å². The van der Waals surface area contributed by atoms with E-state index in [2.05, 4.69) is 20.8 Å². The molecule has 0 aromatic rings. The Labute approximate surface area is 88.9 Å². The monoisotopic (exact) mass is 198 g/mol. The minimum atomic E-state index is -0.0469. The highest BCUT2D eigenvalue weighted by molar-refractivity contribution is 4.79. The fourth-order valence-electron chi connectivity index (χ4n) is 2.72. The molecule has 1 nitrogen and oxygen atoms in total. The molecular weight excluding hydrogens is 172 g/mol. The van der Waals surface area contributed by atoms with Gasteiger partial charge in [0.05, 0.1) is 6.10 Å². The number of rotatable bonds is 4. The topological polar surface area (TPSA) is 20.2 Å². The van der Waals surface area contributed by atoms with Crippen LogP contribution in [-0.2, 0) is 0 Å². The van der Waals surface area contributed by atoms with E-state index in [1.165, 1.54) is 32.1 Å². The first-order chi connectivity index (χ1) is 6.69. The second kappa shape index (κ2) is 5.75. The van der Waals surface area contributed by atoms with Crippen LogP contribution in [0.5, 0.6) is 0 Å². The van der Waals surface area contributed by atoms with Crippen molar-refractivity contribution in [2.24, 2.45) is 17.8 Å². The van der Waals surface area contributed by atoms with Gasteiger partial charge in [0.15, 0.2) is 0 Å². The molecule has 0 radical (unpaired) electrons. The Balaban J connectivity index is 2.42. The normalized spacial score (nSPS) is 32.6. The zero-order chi connectivity index (χ0) is 10.6. The minimum Gasteiger partial charge on any atom is -0.393 e. The second-order valence-electron chi connectivity index (χ2n) is 5.08. The molecule has 4 atom stereocenters. The van der Waals surface area contributed by atoms with Crippen LogP contribution in [0.4, 0.5) is 0 Å². The van der Waals surface area contributed by atoms with Gasteiger partial charge in [0.25, 0.3) is 0 Å². The van der Waals surface area contributed by atoms with Crippen molar-refractivity contribution in [1.29, 1.82) is 0 Å². The molecule has 0 saturated heterocycles. The third kappa shape index (κ3) is 2.98. The van der Waals surface area contributed by atoms with Crippen molar-refractivity contribution in [3.8, 4) is 0 Å². The van der Waals surface area contributed by atoms with Crippen LogP contribution in [0.1, 0.15) is 59.3 Å². The molecule has 0 aromatic heterocycles. The number of aliphatic hydroxyl groups excluding tert-OH is 1. The zero-order valence-electron chi connectivity index (χ0n) is 10.00. The molecule has 4 unspecified atom stereocenters. The molecule has 1 saturated carbocycles. The average Bonchev–Trinajstić information content (AvgIpc) is 2.27. The highest BCUT2D eigenvalue weighted by Crippen LogP contribution is 2.35. The van der Waals surface area contributed by atoms with Crippen LogP contribution in [-0.4, -0.2) is 11.2 Å². The van der Waals surface area contributed by atoms with Gasteiger partial charge >= 0.3 is 0 Å². The van der Waals surface area contributed by atoms with E-state index in [-0.39, 0.29) is 6.10 Å². The zero-order valence-corrected chi connectivity index (χ0v) is 10.00. The van der Waals surface area contributed by atoms with Crippen LogP contribution in [0.15, 0.2) is 0 Å². The Hall–Kier alpha value is -0.0400. The first-order valence-electron chi connectivity index (χ1n) is 6.37. The molecule has 1 fully saturated rings. The van der Waals surface area contributed by atoms with Crippen molar-refractivity contribution >= 4 is 0 Å². The van der Waals surface area contributed by atoms with E-state index in [1.54, 1.807) is 0 Å². The van der Waals surface area contributed by atoms with Crippen LogP contribution in [0, 0.1) is 17.8 Å². The summed E-state index contributed by atoms with van der Waals surface area (Å²) in [5.74, 6) is 1.95. The van der Waals surface area contributed by atoms with Crippen LogP contribution in [0.2, 0.25) is 0 Å². The molecule has 0 aromatic carbocycles. The molecule has 1 aliphatic carbocycles. The molecule has 84 valence electrons. The van der Waals surface area contributed by atoms with E-state index in [0.717, 1.165) is 12.3 Å². The van der Waals surface area contributed by atoms with Crippen molar-refractivity contribution in [1.82, 2.24) is 0 Å². The van der Waals surface area contributed by atoms with Gasteiger partial charge in [-0.2, -0.15) is 0 Å². The first-order valence-corrected chi connectivity index (χ1v) is 6.37. The van der Waals surface area contributed by atoms with Gasteiger partial charge in [-0.1, -0.05) is 46.5 Å². The second-order valence-corrected chi connectivity index (χ2v) is 5.08. The van der Waals surface area contributed by atoms with E-state index in [1.807, 2.05) is 0 Å². The van der Waals surface area contributed by atoms with E-state index in [4.69, 9.17) is 0 Å². The lowest BCUT2D eigenvalue weighted by Crippen LogP contribution is -2.31. The van der Waals surface area contributed by atoms with Crippen LogP contribution < -0.4 is 0 Å². The Morgan fingerprint density at radius 1 is 1.29 bits per heavy atom. The van der Waals surface area contributed by atoms with Gasteiger partial charge in [-0.3, -0.25) is 0 Å². The van der Waals surface area contributed by atoms with Gasteiger partial charge in [0, 0.05) is 0 Å². The number of hydrogen-bond donors (Lipinski definition) is 1. The third-order valence-electron chi connectivity index (χ3n) is 4.11. The number of aliphatic hydroxyl groups is 1. The fraction of sp³-hybridized carbons (Fsp3) is 1.00. The molecule has 0 bridgehead atoms. The summed E-state index contributed by atoms with van der Waals surface area (Å²) in [5, 5.41) is 10.2. The lowest BCUT2D eigenvalue weighted by atomic mass is 9.75. The summed E-state index contributed by atoms with van der Waals surface area (Å²) in [5.41, 5.74) is 0. The average molecular weight is 198 g/mol. The standard InChI is InChI=1S/C13H26O/c1-4-10(3)13(14)12-8-6-7-11(5-2)9-12/h10-14H,4-9H2,1-3H3. The van der Waals surface area contributed by atoms with E-state index >= 15 is 0 Å². The van der Waals surface area contributed by atoms with Gasteiger partial charge in [0.1, 0.15) is 0 Å². The maximum absolute atomic E-state index is 10.2. The highest BCUT2D eigenvalue weighted by Gasteiger charge is 2.28. The van der Waals surface area contributed by atoms with Gasteiger partial charge in [-0.25, -0.2) is 0 Å². The first kappa shape index (κ1) is 12.0. The van der Waals surface area contributed by atoms with Gasteiger partial charge in [-0.15, -0.1) is 0 Å².